The number of nitrogen functional groups attached to an aromatic ring is 1. The molecule has 1 aliphatic heterocycles. The molecule has 0 bridgehead atoms. The standard InChI is InChI=1S/C17H20N4O3/c18-8-10-23-11-9-21-16-13(6-7-14(19)20-16)24-15(17(21)22)12-4-2-1-3-5-12/h1-7,15H,8-11,18H2,(H2,19,20). The normalized spacial score (nSPS) is 16.6. The number of fused-ring (bicyclic) bond motifs is 1. The van der Waals surface area contributed by atoms with Crippen LogP contribution in [0.25, 0.3) is 0 Å². The third-order valence-electron chi connectivity index (χ3n) is 3.68. The summed E-state index contributed by atoms with van der Waals surface area (Å²) in [5.41, 5.74) is 12.0. The van der Waals surface area contributed by atoms with E-state index in [9.17, 15) is 4.79 Å². The van der Waals surface area contributed by atoms with Crippen LogP contribution in [0.4, 0.5) is 11.6 Å². The van der Waals surface area contributed by atoms with Crippen molar-refractivity contribution in [2.24, 2.45) is 5.73 Å². The third kappa shape index (κ3) is 3.32. The number of pyridine rings is 1. The molecule has 2 heterocycles. The SMILES string of the molecule is NCCOCCN1C(=O)C(c2ccccc2)Oc2ccc(N)nc21. The highest BCUT2D eigenvalue weighted by atomic mass is 16.5. The molecule has 0 spiro atoms. The zero-order chi connectivity index (χ0) is 16.9. The number of aromatic nitrogens is 1. The van der Waals surface area contributed by atoms with Crippen LogP contribution in [0, 0.1) is 0 Å². The number of carbonyl (C=O) groups excluding carboxylic acids is 1. The van der Waals surface area contributed by atoms with Gasteiger partial charge in [0.2, 0.25) is 6.10 Å². The third-order valence-corrected chi connectivity index (χ3v) is 3.68. The number of ether oxygens (including phenoxy) is 2. The summed E-state index contributed by atoms with van der Waals surface area (Å²) in [7, 11) is 0. The molecule has 1 aliphatic rings. The Morgan fingerprint density at radius 3 is 2.71 bits per heavy atom. The predicted molar refractivity (Wildman–Crippen MR) is 90.7 cm³/mol. The molecule has 0 saturated heterocycles. The fourth-order valence-electron chi connectivity index (χ4n) is 2.55. The van der Waals surface area contributed by atoms with Crippen LogP contribution in [-0.2, 0) is 9.53 Å². The molecule has 4 N–H and O–H groups in total. The van der Waals surface area contributed by atoms with Crippen molar-refractivity contribution >= 4 is 17.5 Å². The molecular weight excluding hydrogens is 308 g/mol. The summed E-state index contributed by atoms with van der Waals surface area (Å²) in [6, 6.07) is 12.7. The van der Waals surface area contributed by atoms with E-state index < -0.39 is 6.10 Å². The molecule has 0 radical (unpaired) electrons. The van der Waals surface area contributed by atoms with E-state index in [0.29, 0.717) is 43.7 Å². The summed E-state index contributed by atoms with van der Waals surface area (Å²) in [6.07, 6.45) is -0.710. The first-order valence-corrected chi connectivity index (χ1v) is 7.78. The molecule has 126 valence electrons. The van der Waals surface area contributed by atoms with Gasteiger partial charge in [0.15, 0.2) is 11.6 Å². The fourth-order valence-corrected chi connectivity index (χ4v) is 2.55. The highest BCUT2D eigenvalue weighted by Crippen LogP contribution is 2.37. The first-order valence-electron chi connectivity index (χ1n) is 7.78. The summed E-state index contributed by atoms with van der Waals surface area (Å²) < 4.78 is 11.3. The molecule has 7 nitrogen and oxygen atoms in total. The average Bonchev–Trinajstić information content (AvgIpc) is 2.61. The highest BCUT2D eigenvalue weighted by molar-refractivity contribution is 5.99. The van der Waals surface area contributed by atoms with Gasteiger partial charge in [0.05, 0.1) is 19.8 Å². The Morgan fingerprint density at radius 1 is 1.17 bits per heavy atom. The Bertz CT molecular complexity index is 708. The molecule has 0 fully saturated rings. The number of nitrogens with zero attached hydrogens (tertiary/aromatic N) is 2. The van der Waals surface area contributed by atoms with Gasteiger partial charge in [-0.2, -0.15) is 0 Å². The first kappa shape index (κ1) is 16.2. The van der Waals surface area contributed by atoms with E-state index in [4.69, 9.17) is 20.9 Å². The molecule has 1 atom stereocenters. The highest BCUT2D eigenvalue weighted by Gasteiger charge is 2.36. The minimum atomic E-state index is -0.710. The molecular formula is C17H20N4O3. The smallest absolute Gasteiger partial charge is 0.274 e. The van der Waals surface area contributed by atoms with E-state index >= 15 is 0 Å². The van der Waals surface area contributed by atoms with Crippen LogP contribution >= 0.6 is 0 Å². The number of hydrogen-bond acceptors (Lipinski definition) is 6. The topological polar surface area (TPSA) is 104 Å². The summed E-state index contributed by atoms with van der Waals surface area (Å²) in [4.78, 5) is 18.7. The minimum Gasteiger partial charge on any atom is -0.472 e. The number of nitrogens with two attached hydrogens (primary N) is 2. The maximum atomic E-state index is 12.9. The van der Waals surface area contributed by atoms with Crippen LogP contribution < -0.4 is 21.1 Å². The lowest BCUT2D eigenvalue weighted by molar-refractivity contribution is -0.126. The molecule has 7 heteroatoms. The van der Waals surface area contributed by atoms with E-state index in [1.165, 1.54) is 0 Å². The lowest BCUT2D eigenvalue weighted by Gasteiger charge is -2.33. The second-order valence-corrected chi connectivity index (χ2v) is 5.36. The lowest BCUT2D eigenvalue weighted by atomic mass is 10.1. The second kappa shape index (κ2) is 7.29. The summed E-state index contributed by atoms with van der Waals surface area (Å²) in [6.45, 7) is 1.60. The Balaban J connectivity index is 1.89. The van der Waals surface area contributed by atoms with Gasteiger partial charge in [-0.3, -0.25) is 9.69 Å². The lowest BCUT2D eigenvalue weighted by Crippen LogP contribution is -2.43. The second-order valence-electron chi connectivity index (χ2n) is 5.36. The van der Waals surface area contributed by atoms with Crippen LogP contribution in [-0.4, -0.2) is 37.2 Å². The molecule has 0 saturated carbocycles. The van der Waals surface area contributed by atoms with Crippen molar-refractivity contribution < 1.29 is 14.3 Å². The molecule has 3 rings (SSSR count). The van der Waals surface area contributed by atoms with Gasteiger partial charge < -0.3 is 20.9 Å². The molecule has 1 aromatic carbocycles. The Kier molecular flexibility index (Phi) is 4.93. The predicted octanol–water partition coefficient (Wildman–Crippen LogP) is 1.11. The average molecular weight is 328 g/mol. The molecule has 1 amide bonds. The van der Waals surface area contributed by atoms with Crippen molar-refractivity contribution in [3.63, 3.8) is 0 Å². The minimum absolute atomic E-state index is 0.192. The van der Waals surface area contributed by atoms with Gasteiger partial charge in [-0.05, 0) is 12.1 Å². The van der Waals surface area contributed by atoms with Crippen LogP contribution in [0.2, 0.25) is 0 Å². The summed E-state index contributed by atoms with van der Waals surface area (Å²) in [5, 5.41) is 0. The monoisotopic (exact) mass is 328 g/mol. The molecule has 1 aromatic heterocycles. The van der Waals surface area contributed by atoms with Crippen molar-refractivity contribution in [2.45, 2.75) is 6.10 Å². The first-order chi connectivity index (χ1) is 11.7. The Labute approximate surface area is 140 Å². The van der Waals surface area contributed by atoms with Crippen LogP contribution in [0.3, 0.4) is 0 Å². The summed E-state index contributed by atoms with van der Waals surface area (Å²) >= 11 is 0. The number of amides is 1. The molecule has 2 aromatic rings. The maximum absolute atomic E-state index is 12.9. The van der Waals surface area contributed by atoms with Gasteiger partial charge >= 0.3 is 0 Å². The van der Waals surface area contributed by atoms with Crippen LogP contribution in [0.15, 0.2) is 42.5 Å². The zero-order valence-corrected chi connectivity index (χ0v) is 13.2. The van der Waals surface area contributed by atoms with Gasteiger partial charge in [0, 0.05) is 12.1 Å². The van der Waals surface area contributed by atoms with Crippen LogP contribution in [0.1, 0.15) is 11.7 Å². The van der Waals surface area contributed by atoms with Crippen molar-refractivity contribution in [3.8, 4) is 5.75 Å². The van der Waals surface area contributed by atoms with E-state index in [2.05, 4.69) is 4.98 Å². The van der Waals surface area contributed by atoms with E-state index in [-0.39, 0.29) is 5.91 Å². The number of anilines is 2. The van der Waals surface area contributed by atoms with Gasteiger partial charge in [0.25, 0.3) is 5.91 Å². The Hall–Kier alpha value is -2.64. The number of rotatable bonds is 6. The van der Waals surface area contributed by atoms with E-state index in [0.717, 1.165) is 5.56 Å². The van der Waals surface area contributed by atoms with Gasteiger partial charge in [-0.15, -0.1) is 0 Å². The molecule has 1 unspecified atom stereocenters. The zero-order valence-electron chi connectivity index (χ0n) is 13.2. The van der Waals surface area contributed by atoms with Gasteiger partial charge in [-0.1, -0.05) is 30.3 Å². The molecule has 0 aliphatic carbocycles. The van der Waals surface area contributed by atoms with E-state index in [1.807, 2.05) is 30.3 Å². The Morgan fingerprint density at radius 2 is 1.96 bits per heavy atom. The number of benzene rings is 1. The maximum Gasteiger partial charge on any atom is 0.274 e. The van der Waals surface area contributed by atoms with Crippen LogP contribution in [0.5, 0.6) is 5.75 Å². The van der Waals surface area contributed by atoms with Crippen molar-refractivity contribution in [1.82, 2.24) is 4.98 Å². The van der Waals surface area contributed by atoms with Crippen molar-refractivity contribution in [1.29, 1.82) is 0 Å². The fraction of sp³-hybridized carbons (Fsp3) is 0.294. The summed E-state index contributed by atoms with van der Waals surface area (Å²) in [5.74, 6) is 1.08. The largest absolute Gasteiger partial charge is 0.472 e. The number of hydrogen-bond donors (Lipinski definition) is 2. The van der Waals surface area contributed by atoms with Crippen molar-refractivity contribution in [2.75, 3.05) is 36.9 Å². The van der Waals surface area contributed by atoms with Crippen molar-refractivity contribution in [3.05, 3.63) is 48.0 Å². The van der Waals surface area contributed by atoms with E-state index in [1.54, 1.807) is 17.0 Å². The number of carbonyl (C=O) groups is 1. The van der Waals surface area contributed by atoms with Gasteiger partial charge in [0.1, 0.15) is 5.82 Å². The van der Waals surface area contributed by atoms with Gasteiger partial charge in [-0.25, -0.2) is 4.98 Å². The quantitative estimate of drug-likeness (QED) is 0.770. The molecule has 24 heavy (non-hydrogen) atoms.